The lowest BCUT2D eigenvalue weighted by Crippen LogP contribution is -2.01. The first-order valence-electron chi connectivity index (χ1n) is 46.6. The third-order valence-electron chi connectivity index (χ3n) is 27.1. The highest BCUT2D eigenvalue weighted by Crippen LogP contribution is 2.45. The fourth-order valence-corrected chi connectivity index (χ4v) is 22.5. The molecule has 0 amide bonds. The van der Waals surface area contributed by atoms with E-state index < -0.39 is 0 Å². The molecule has 0 aliphatic rings. The van der Waals surface area contributed by atoms with Crippen LogP contribution in [-0.4, -0.2) is 44.9 Å². The van der Waals surface area contributed by atoms with Crippen molar-refractivity contribution < 1.29 is 4.42 Å². The lowest BCUT2D eigenvalue weighted by molar-refractivity contribution is 0.669. The summed E-state index contributed by atoms with van der Waals surface area (Å²) in [5, 5.41) is 31.7. The molecule has 139 heavy (non-hydrogen) atoms. The Hall–Kier alpha value is -18.1. The molecule has 0 N–H and O–H groups in total. The van der Waals surface area contributed by atoms with Crippen LogP contribution >= 0.6 is 22.7 Å². The molecule has 29 rings (SSSR count). The first-order chi connectivity index (χ1) is 68.8. The Morgan fingerprint density at radius 3 is 0.863 bits per heavy atom. The Morgan fingerprint density at radius 1 is 0.129 bits per heavy atom. The van der Waals surface area contributed by atoms with E-state index in [-0.39, 0.29) is 0 Å². The second kappa shape index (κ2) is 33.5. The van der Waals surface area contributed by atoms with Gasteiger partial charge < -0.3 is 4.42 Å². The summed E-state index contributed by atoms with van der Waals surface area (Å²) in [6.45, 7) is 0. The summed E-state index contributed by atoms with van der Waals surface area (Å²) in [5.41, 5.74) is 12.5. The van der Waals surface area contributed by atoms with Gasteiger partial charge in [0.2, 0.25) is 0 Å². The average molecular weight is 1810 g/mol. The minimum Gasteiger partial charge on any atom is -0.456 e. The van der Waals surface area contributed by atoms with Crippen molar-refractivity contribution in [2.45, 2.75) is 0 Å². The molecular weight excluding hydrogens is 1730 g/mol. The predicted octanol–water partition coefficient (Wildman–Crippen LogP) is 34.5. The SMILES string of the molecule is c1ccc(-c2nc(-c3ccc4c(ccc5c6ccccc6ccc45)c3)nc(-c3ccc4c(c3)sc3ccccc34)n2)cc1.c1ccc(-c2nc(-c3ccc4c(ccc5c6ccccc6ccc45)c3)nc(-c3ccc4sc5ccccc5c4c3)n2)cc1.c1ccc(-c2nc(-c3ccc4oc5ccccc5c4c3)nc(-c3cc4ccccc4cc3-c3ccc4c(ccc5c6ccccc6ccc45)c3)n2)cc1. The fraction of sp³-hybridized carbons (Fsp3) is 0. The molecule has 0 saturated heterocycles. The van der Waals surface area contributed by atoms with E-state index in [4.69, 9.17) is 49.3 Å². The second-order valence-electron chi connectivity index (χ2n) is 35.3. The molecule has 0 fully saturated rings. The van der Waals surface area contributed by atoms with E-state index in [1.54, 1.807) is 11.3 Å². The van der Waals surface area contributed by atoms with Gasteiger partial charge in [0.15, 0.2) is 52.4 Å². The molecule has 646 valence electrons. The number of furan rings is 1. The highest BCUT2D eigenvalue weighted by molar-refractivity contribution is 7.26. The van der Waals surface area contributed by atoms with E-state index >= 15 is 0 Å². The first-order valence-corrected chi connectivity index (χ1v) is 48.2. The molecule has 0 aliphatic carbocycles. The topological polar surface area (TPSA) is 129 Å². The first kappa shape index (κ1) is 80.6. The van der Waals surface area contributed by atoms with Gasteiger partial charge in [-0.15, -0.1) is 22.7 Å². The maximum atomic E-state index is 6.15. The number of aromatic nitrogens is 9. The van der Waals surface area contributed by atoms with Crippen LogP contribution in [0.2, 0.25) is 0 Å². The van der Waals surface area contributed by atoms with E-state index in [0.717, 1.165) is 105 Å². The van der Waals surface area contributed by atoms with Crippen molar-refractivity contribution in [2.24, 2.45) is 0 Å². The summed E-state index contributed by atoms with van der Waals surface area (Å²) in [6.07, 6.45) is 0. The molecule has 0 unspecified atom stereocenters. The highest BCUT2D eigenvalue weighted by Gasteiger charge is 2.23. The van der Waals surface area contributed by atoms with Crippen LogP contribution in [0, 0.1) is 0 Å². The standard InChI is InChI=1S/C49H29N3O.2C39H23N3S/c1-2-11-31(12-3-1)47-50-48(36-21-25-46-43(29-36)41-16-8-9-17-45(41)53-46)52-49(51-47)44-28-33-14-5-4-13-32(33)27-42(44)35-19-22-38-34(26-35)20-24-39-37-15-7-6-10-30(37)18-23-40(38)39;1-2-9-25(10-3-1)37-40-38(42-39(41-37)28-17-21-36-34(23-28)33-12-6-7-13-35(33)43-36)27-16-18-30-26(22-27)15-20-31-29-11-5-4-8-24(29)14-19-32(30)31;1-2-9-25(10-3-1)37-40-38(42-39(41-37)28-17-21-34-33-12-6-7-13-35(33)43-36(34)23-28)27-16-18-30-26(22-27)15-20-31-29-11-5-4-8-24(29)14-19-32(30)31/h1-29H;2*1-23H. The molecule has 6 heterocycles. The van der Waals surface area contributed by atoms with Gasteiger partial charge in [-0.05, 0) is 210 Å². The Bertz CT molecular complexity index is 10100. The summed E-state index contributed by atoms with van der Waals surface area (Å²) in [4.78, 5) is 45.6. The van der Waals surface area contributed by atoms with Crippen molar-refractivity contribution in [3.63, 3.8) is 0 Å². The van der Waals surface area contributed by atoms with E-state index in [9.17, 15) is 0 Å². The number of para-hydroxylation sites is 1. The van der Waals surface area contributed by atoms with Crippen LogP contribution in [0.1, 0.15) is 0 Å². The van der Waals surface area contributed by atoms with Crippen molar-refractivity contribution in [3.05, 3.63) is 455 Å². The van der Waals surface area contributed by atoms with Gasteiger partial charge >= 0.3 is 0 Å². The zero-order valence-electron chi connectivity index (χ0n) is 74.6. The molecule has 0 spiro atoms. The van der Waals surface area contributed by atoms with Gasteiger partial charge in [0.05, 0.1) is 0 Å². The monoisotopic (exact) mass is 1810 g/mol. The van der Waals surface area contributed by atoms with Crippen LogP contribution in [0.4, 0.5) is 0 Å². The molecular formula is C127H75N9OS2. The van der Waals surface area contributed by atoms with E-state index in [2.05, 4.69) is 358 Å². The third kappa shape index (κ3) is 14.5. The molecule has 0 bridgehead atoms. The Morgan fingerprint density at radius 2 is 0.403 bits per heavy atom. The summed E-state index contributed by atoms with van der Waals surface area (Å²) in [6, 6.07) is 160. The van der Waals surface area contributed by atoms with Gasteiger partial charge in [0, 0.05) is 101 Å². The smallest absolute Gasteiger partial charge is 0.164 e. The third-order valence-corrected chi connectivity index (χ3v) is 29.4. The Balaban J connectivity index is 0.000000106. The maximum absolute atomic E-state index is 6.15. The molecule has 0 saturated carbocycles. The number of hydrogen-bond acceptors (Lipinski definition) is 12. The van der Waals surface area contributed by atoms with Gasteiger partial charge in [-0.1, -0.05) is 364 Å². The van der Waals surface area contributed by atoms with Gasteiger partial charge in [0.1, 0.15) is 11.2 Å². The molecule has 0 aliphatic heterocycles. The van der Waals surface area contributed by atoms with Crippen molar-refractivity contribution >= 4 is 193 Å². The summed E-state index contributed by atoms with van der Waals surface area (Å²) in [5.74, 6) is 5.87. The number of nitrogens with zero attached hydrogens (tertiary/aromatic N) is 9. The van der Waals surface area contributed by atoms with Gasteiger partial charge in [0.25, 0.3) is 0 Å². The van der Waals surface area contributed by atoms with E-state index in [1.807, 2.05) is 108 Å². The van der Waals surface area contributed by atoms with Crippen LogP contribution in [0.3, 0.4) is 0 Å². The molecule has 12 heteroatoms. The quantitative estimate of drug-likeness (QED) is 0.122. The normalized spacial score (nSPS) is 11.7. The number of fused-ring (bicyclic) bond motifs is 25. The summed E-state index contributed by atoms with van der Waals surface area (Å²) < 4.78 is 11.2. The van der Waals surface area contributed by atoms with Gasteiger partial charge in [-0.3, -0.25) is 0 Å². The highest BCUT2D eigenvalue weighted by atomic mass is 32.1. The summed E-state index contributed by atoms with van der Waals surface area (Å²) in [7, 11) is 0. The van der Waals surface area contributed by atoms with Gasteiger partial charge in [-0.25, -0.2) is 44.9 Å². The van der Waals surface area contributed by atoms with Crippen molar-refractivity contribution in [1.29, 1.82) is 0 Å². The molecule has 10 nitrogen and oxygen atoms in total. The number of hydrogen-bond donors (Lipinski definition) is 0. The van der Waals surface area contributed by atoms with Crippen LogP contribution in [0.25, 0.3) is 284 Å². The maximum Gasteiger partial charge on any atom is 0.164 e. The number of benzene rings is 23. The van der Waals surface area contributed by atoms with Gasteiger partial charge in [-0.2, -0.15) is 0 Å². The number of rotatable bonds is 10. The van der Waals surface area contributed by atoms with Crippen LogP contribution in [0.5, 0.6) is 0 Å². The van der Waals surface area contributed by atoms with Crippen LogP contribution in [-0.2, 0) is 0 Å². The number of thiophene rings is 2. The lowest BCUT2D eigenvalue weighted by Gasteiger charge is -2.15. The zero-order valence-corrected chi connectivity index (χ0v) is 76.2. The molecule has 23 aromatic carbocycles. The van der Waals surface area contributed by atoms with E-state index in [0.29, 0.717) is 52.4 Å². The van der Waals surface area contributed by atoms with Crippen LogP contribution in [0.15, 0.2) is 459 Å². The molecule has 6 aromatic heterocycles. The van der Waals surface area contributed by atoms with Crippen molar-refractivity contribution in [2.75, 3.05) is 0 Å². The van der Waals surface area contributed by atoms with Crippen molar-refractivity contribution in [1.82, 2.24) is 44.9 Å². The molecule has 0 atom stereocenters. The predicted molar refractivity (Wildman–Crippen MR) is 582 cm³/mol. The molecule has 0 radical (unpaired) electrons. The minimum absolute atomic E-state index is 0.609. The lowest BCUT2D eigenvalue weighted by atomic mass is 9.91. The minimum atomic E-state index is 0.609. The largest absolute Gasteiger partial charge is 0.456 e. The Labute approximate surface area is 804 Å². The van der Waals surface area contributed by atoms with Crippen LogP contribution < -0.4 is 0 Å². The fourth-order valence-electron chi connectivity index (χ4n) is 20.2. The van der Waals surface area contributed by atoms with E-state index in [1.165, 1.54) is 127 Å². The second-order valence-corrected chi connectivity index (χ2v) is 37.5. The Kier molecular flexibility index (Phi) is 19.4. The average Bonchev–Trinajstić information content (AvgIpc) is 1.61. The summed E-state index contributed by atoms with van der Waals surface area (Å²) >= 11 is 3.62. The van der Waals surface area contributed by atoms with Crippen molar-refractivity contribution in [3.8, 4) is 114 Å². The molecule has 29 aromatic rings. The zero-order chi connectivity index (χ0) is 91.5.